The van der Waals surface area contributed by atoms with Crippen LogP contribution in [0.15, 0.2) is 54.6 Å². The van der Waals surface area contributed by atoms with E-state index in [9.17, 15) is 24.1 Å². The number of hydrogen-bond donors (Lipinski definition) is 0. The maximum absolute atomic E-state index is 14.0. The van der Waals surface area contributed by atoms with Gasteiger partial charge in [0.2, 0.25) is 0 Å². The number of para-hydroxylation sites is 1. The van der Waals surface area contributed by atoms with Crippen LogP contribution in [0, 0.1) is 29.8 Å². The predicted octanol–water partition coefficient (Wildman–Crippen LogP) is 5.19. The predicted molar refractivity (Wildman–Crippen MR) is 140 cm³/mol. The minimum atomic E-state index is -0.823. The van der Waals surface area contributed by atoms with Crippen molar-refractivity contribution in [3.8, 4) is 5.75 Å². The second kappa shape index (κ2) is 9.55. The van der Waals surface area contributed by atoms with Crippen molar-refractivity contribution in [3.05, 3.63) is 98.3 Å². The zero-order valence-corrected chi connectivity index (χ0v) is 21.5. The molecule has 0 unspecified atom stereocenters. The SMILES string of the molecule is COc1cc(C)c(C)cc1C(=O)N1CC2(CCN(C(=O)c3cc(F)cc([N+](=O)[O-])c3)CC2)c2ccccc21. The highest BCUT2D eigenvalue weighted by atomic mass is 19.1. The Labute approximate surface area is 219 Å². The van der Waals surface area contributed by atoms with Gasteiger partial charge >= 0.3 is 0 Å². The van der Waals surface area contributed by atoms with Crippen LogP contribution in [0.1, 0.15) is 50.2 Å². The summed E-state index contributed by atoms with van der Waals surface area (Å²) in [5.41, 5.74) is 3.61. The highest BCUT2D eigenvalue weighted by Gasteiger charge is 2.47. The summed E-state index contributed by atoms with van der Waals surface area (Å²) in [5, 5.41) is 11.1. The maximum atomic E-state index is 14.0. The number of carbonyl (C=O) groups excluding carboxylic acids is 2. The zero-order chi connectivity index (χ0) is 27.2. The van der Waals surface area contributed by atoms with Crippen molar-refractivity contribution < 1.29 is 23.6 Å². The van der Waals surface area contributed by atoms with Crippen LogP contribution in [0.2, 0.25) is 0 Å². The lowest BCUT2D eigenvalue weighted by atomic mass is 9.74. The Hall–Kier alpha value is -4.27. The lowest BCUT2D eigenvalue weighted by Gasteiger charge is -2.40. The van der Waals surface area contributed by atoms with Crippen molar-refractivity contribution in [2.45, 2.75) is 32.1 Å². The van der Waals surface area contributed by atoms with Gasteiger partial charge in [-0.05, 0) is 67.6 Å². The van der Waals surface area contributed by atoms with Crippen molar-refractivity contribution >= 4 is 23.2 Å². The van der Waals surface area contributed by atoms with Gasteiger partial charge in [0.05, 0.1) is 23.7 Å². The molecule has 0 N–H and O–H groups in total. The van der Waals surface area contributed by atoms with Crippen LogP contribution in [0.25, 0.3) is 0 Å². The van der Waals surface area contributed by atoms with Crippen LogP contribution in [-0.2, 0) is 5.41 Å². The summed E-state index contributed by atoms with van der Waals surface area (Å²) >= 11 is 0. The highest BCUT2D eigenvalue weighted by Crippen LogP contribution is 2.48. The molecule has 196 valence electrons. The van der Waals surface area contributed by atoms with Crippen LogP contribution in [0.4, 0.5) is 15.8 Å². The number of amides is 2. The van der Waals surface area contributed by atoms with Gasteiger partial charge in [0.15, 0.2) is 0 Å². The Bertz CT molecular complexity index is 1460. The second-order valence-corrected chi connectivity index (χ2v) is 10.1. The van der Waals surface area contributed by atoms with Gasteiger partial charge in [0, 0.05) is 42.4 Å². The third-order valence-electron chi connectivity index (χ3n) is 7.87. The molecule has 2 heterocycles. The molecule has 0 radical (unpaired) electrons. The minimum Gasteiger partial charge on any atom is -0.496 e. The number of carbonyl (C=O) groups is 2. The van der Waals surface area contributed by atoms with E-state index in [0.717, 1.165) is 40.6 Å². The Kier molecular flexibility index (Phi) is 6.38. The van der Waals surface area contributed by atoms with Gasteiger partial charge < -0.3 is 14.5 Å². The van der Waals surface area contributed by atoms with E-state index in [1.807, 2.05) is 50.2 Å². The summed E-state index contributed by atoms with van der Waals surface area (Å²) in [5.74, 6) is -0.876. The fraction of sp³-hybridized carbons (Fsp3) is 0.310. The standard InChI is InChI=1S/C29H28FN3O5/c1-18-12-23(26(38-3)13-19(18)2)28(35)32-17-29(24-6-4-5-7-25(24)32)8-10-31(11-9-29)27(34)20-14-21(30)16-22(15-20)33(36)37/h4-7,12-16H,8-11,17H2,1-3H3. The third kappa shape index (κ3) is 4.27. The first kappa shape index (κ1) is 25.4. The molecule has 3 aromatic rings. The molecule has 38 heavy (non-hydrogen) atoms. The normalized spacial score (nSPS) is 15.9. The summed E-state index contributed by atoms with van der Waals surface area (Å²) in [7, 11) is 1.56. The molecular formula is C29H28FN3O5. The van der Waals surface area contributed by atoms with Gasteiger partial charge in [0.1, 0.15) is 11.6 Å². The number of benzene rings is 3. The summed E-state index contributed by atoms with van der Waals surface area (Å²) in [6, 6.07) is 14.5. The number of rotatable bonds is 4. The van der Waals surface area contributed by atoms with Gasteiger partial charge in [-0.15, -0.1) is 0 Å². The molecule has 0 saturated carbocycles. The fourth-order valence-corrected chi connectivity index (χ4v) is 5.63. The van der Waals surface area contributed by atoms with Gasteiger partial charge in [-0.3, -0.25) is 19.7 Å². The molecule has 0 aromatic heterocycles. The van der Waals surface area contributed by atoms with E-state index in [0.29, 0.717) is 43.8 Å². The maximum Gasteiger partial charge on any atom is 0.273 e. The van der Waals surface area contributed by atoms with E-state index in [1.54, 1.807) is 16.9 Å². The first-order chi connectivity index (χ1) is 18.1. The van der Waals surface area contributed by atoms with Crippen molar-refractivity contribution in [2.24, 2.45) is 0 Å². The van der Waals surface area contributed by atoms with Crippen molar-refractivity contribution in [1.82, 2.24) is 4.90 Å². The molecule has 2 aliphatic rings. The van der Waals surface area contributed by atoms with E-state index in [4.69, 9.17) is 4.74 Å². The van der Waals surface area contributed by atoms with E-state index >= 15 is 0 Å². The molecule has 0 aliphatic carbocycles. The Morgan fingerprint density at radius 2 is 1.68 bits per heavy atom. The van der Waals surface area contributed by atoms with Gasteiger partial charge in [0.25, 0.3) is 17.5 Å². The molecule has 1 saturated heterocycles. The largest absolute Gasteiger partial charge is 0.496 e. The molecule has 8 nitrogen and oxygen atoms in total. The molecule has 2 aliphatic heterocycles. The number of ether oxygens (including phenoxy) is 1. The Balaban J connectivity index is 1.41. The summed E-state index contributed by atoms with van der Waals surface area (Å²) < 4.78 is 19.5. The summed E-state index contributed by atoms with van der Waals surface area (Å²) in [6.45, 7) is 5.17. The lowest BCUT2D eigenvalue weighted by molar-refractivity contribution is -0.385. The van der Waals surface area contributed by atoms with E-state index in [1.165, 1.54) is 0 Å². The molecule has 3 aromatic carbocycles. The van der Waals surface area contributed by atoms with Crippen molar-refractivity contribution in [3.63, 3.8) is 0 Å². The summed E-state index contributed by atoms with van der Waals surface area (Å²) in [6.07, 6.45) is 1.20. The van der Waals surface area contributed by atoms with Crippen molar-refractivity contribution in [1.29, 1.82) is 0 Å². The average Bonchev–Trinajstić information content (AvgIpc) is 3.23. The van der Waals surface area contributed by atoms with Gasteiger partial charge in [-0.25, -0.2) is 4.39 Å². The van der Waals surface area contributed by atoms with Gasteiger partial charge in [-0.1, -0.05) is 18.2 Å². The molecule has 5 rings (SSSR count). The van der Waals surface area contributed by atoms with Crippen molar-refractivity contribution in [2.75, 3.05) is 31.6 Å². The smallest absolute Gasteiger partial charge is 0.273 e. The number of nitro benzene ring substituents is 1. The van der Waals surface area contributed by atoms with E-state index in [2.05, 4.69) is 0 Å². The molecule has 1 spiro atoms. The first-order valence-electron chi connectivity index (χ1n) is 12.4. The van der Waals surface area contributed by atoms with Crippen LogP contribution >= 0.6 is 0 Å². The first-order valence-corrected chi connectivity index (χ1v) is 12.4. The monoisotopic (exact) mass is 517 g/mol. The van der Waals surface area contributed by atoms with E-state index in [-0.39, 0.29) is 16.9 Å². The quantitative estimate of drug-likeness (QED) is 0.351. The number of piperidine rings is 1. The molecule has 0 atom stereocenters. The molecule has 9 heteroatoms. The van der Waals surface area contributed by atoms with Crippen LogP contribution < -0.4 is 9.64 Å². The second-order valence-electron chi connectivity index (χ2n) is 10.1. The summed E-state index contributed by atoms with van der Waals surface area (Å²) in [4.78, 5) is 40.8. The third-order valence-corrected chi connectivity index (χ3v) is 7.87. The van der Waals surface area contributed by atoms with Crippen LogP contribution in [-0.4, -0.2) is 48.4 Å². The Morgan fingerprint density at radius 1 is 1.00 bits per heavy atom. The molecule has 1 fully saturated rings. The Morgan fingerprint density at radius 3 is 2.37 bits per heavy atom. The number of nitro groups is 1. The molecular weight excluding hydrogens is 489 g/mol. The molecule has 2 amide bonds. The lowest BCUT2D eigenvalue weighted by Crippen LogP contribution is -2.47. The number of halogens is 1. The van der Waals surface area contributed by atoms with E-state index < -0.39 is 22.3 Å². The number of hydrogen-bond acceptors (Lipinski definition) is 5. The van der Waals surface area contributed by atoms with Gasteiger partial charge in [-0.2, -0.15) is 0 Å². The average molecular weight is 518 g/mol. The topological polar surface area (TPSA) is 93.0 Å². The number of aryl methyl sites for hydroxylation is 2. The molecule has 0 bridgehead atoms. The fourth-order valence-electron chi connectivity index (χ4n) is 5.63. The highest BCUT2D eigenvalue weighted by molar-refractivity contribution is 6.09. The number of likely N-dealkylation sites (tertiary alicyclic amines) is 1. The number of nitrogens with zero attached hydrogens (tertiary/aromatic N) is 3. The van der Waals surface area contributed by atoms with Crippen LogP contribution in [0.3, 0.4) is 0 Å². The minimum absolute atomic E-state index is 0.0434. The number of non-ortho nitro benzene ring substituents is 1. The van der Waals surface area contributed by atoms with Crippen LogP contribution in [0.5, 0.6) is 5.75 Å². The number of fused-ring (bicyclic) bond motifs is 2. The number of anilines is 1. The zero-order valence-electron chi connectivity index (χ0n) is 21.5. The number of methoxy groups -OCH3 is 1.